The molecule has 4 rings (SSSR count). The molecule has 1 amide bonds. The van der Waals surface area contributed by atoms with Crippen molar-refractivity contribution < 1.29 is 4.79 Å². The van der Waals surface area contributed by atoms with Gasteiger partial charge in [-0.15, -0.1) is 0 Å². The van der Waals surface area contributed by atoms with Gasteiger partial charge in [0.15, 0.2) is 0 Å². The van der Waals surface area contributed by atoms with Crippen LogP contribution in [-0.2, 0) is 16.6 Å². The Balaban J connectivity index is 1.62. The molecule has 136 valence electrons. The van der Waals surface area contributed by atoms with Crippen LogP contribution in [0.2, 0.25) is 0 Å². The van der Waals surface area contributed by atoms with Gasteiger partial charge < -0.3 is 15.5 Å². The Bertz CT molecular complexity index is 678. The zero-order valence-electron chi connectivity index (χ0n) is 15.4. The molecule has 1 aromatic heterocycles. The lowest BCUT2D eigenvalue weighted by Gasteiger charge is -2.43. The lowest BCUT2D eigenvalue weighted by atomic mass is 9.77. The van der Waals surface area contributed by atoms with Crippen LogP contribution in [-0.4, -0.2) is 53.5 Å². The van der Waals surface area contributed by atoms with Crippen molar-refractivity contribution >= 4 is 11.9 Å². The largest absolute Gasteiger partial charge is 0.347 e. The normalized spacial score (nSPS) is 27.6. The molecule has 1 aromatic rings. The number of nitrogens with two attached hydrogens (primary N) is 1. The van der Waals surface area contributed by atoms with Crippen molar-refractivity contribution in [2.24, 2.45) is 5.73 Å². The van der Waals surface area contributed by atoms with E-state index in [-0.39, 0.29) is 11.3 Å². The highest BCUT2D eigenvalue weighted by Gasteiger charge is 2.48. The SMILES string of the molecule is CN(C)c1ncc2c(n1)C1(CCCN(C(=O)C3(N)CCCC3)C1)CC2. The highest BCUT2D eigenvalue weighted by molar-refractivity contribution is 5.86. The predicted molar refractivity (Wildman–Crippen MR) is 97.6 cm³/mol. The van der Waals surface area contributed by atoms with Crippen LogP contribution >= 0.6 is 0 Å². The molecule has 0 radical (unpaired) electrons. The molecule has 1 spiro atoms. The topological polar surface area (TPSA) is 75.4 Å². The molecule has 1 saturated carbocycles. The third-order valence-corrected chi connectivity index (χ3v) is 6.41. The third kappa shape index (κ3) is 2.71. The van der Waals surface area contributed by atoms with E-state index in [4.69, 9.17) is 10.7 Å². The van der Waals surface area contributed by atoms with Crippen molar-refractivity contribution in [2.75, 3.05) is 32.1 Å². The van der Waals surface area contributed by atoms with Crippen molar-refractivity contribution in [1.29, 1.82) is 0 Å². The summed E-state index contributed by atoms with van der Waals surface area (Å²) in [5.41, 5.74) is 8.24. The molecule has 2 N–H and O–H groups in total. The van der Waals surface area contributed by atoms with Gasteiger partial charge in [-0.05, 0) is 44.1 Å². The standard InChI is InChI=1S/C19H29N5O/c1-23(2)17-21-12-14-6-10-18(15(14)22-17)7-5-11-24(13-18)16(25)19(20)8-3-4-9-19/h12H,3-11,13,20H2,1-2H3. The van der Waals surface area contributed by atoms with Crippen molar-refractivity contribution in [2.45, 2.75) is 62.3 Å². The molecule has 1 unspecified atom stereocenters. The van der Waals surface area contributed by atoms with Gasteiger partial charge in [-0.1, -0.05) is 12.8 Å². The minimum Gasteiger partial charge on any atom is -0.347 e. The number of rotatable bonds is 2. The zero-order chi connectivity index (χ0) is 17.7. The van der Waals surface area contributed by atoms with Gasteiger partial charge in [0.1, 0.15) is 0 Å². The van der Waals surface area contributed by atoms with E-state index in [0.717, 1.165) is 70.4 Å². The van der Waals surface area contributed by atoms with Crippen LogP contribution in [0, 0.1) is 0 Å². The summed E-state index contributed by atoms with van der Waals surface area (Å²) in [5.74, 6) is 0.925. The average Bonchev–Trinajstić information content (AvgIpc) is 3.20. The van der Waals surface area contributed by atoms with E-state index in [2.05, 4.69) is 4.98 Å². The van der Waals surface area contributed by atoms with E-state index in [1.165, 1.54) is 11.3 Å². The lowest BCUT2D eigenvalue weighted by Crippen LogP contribution is -2.58. The molecule has 3 aliphatic rings. The molecule has 0 aromatic carbocycles. The molecule has 2 fully saturated rings. The maximum absolute atomic E-state index is 13.1. The predicted octanol–water partition coefficient (Wildman–Crippen LogP) is 1.62. The summed E-state index contributed by atoms with van der Waals surface area (Å²) in [6, 6.07) is 0. The van der Waals surface area contributed by atoms with Crippen LogP contribution in [0.15, 0.2) is 6.20 Å². The molecule has 25 heavy (non-hydrogen) atoms. The first-order valence-electron chi connectivity index (χ1n) is 9.56. The van der Waals surface area contributed by atoms with E-state index in [1.54, 1.807) is 0 Å². The molecular weight excluding hydrogens is 314 g/mol. The molecule has 2 heterocycles. The maximum atomic E-state index is 13.1. The van der Waals surface area contributed by atoms with Gasteiger partial charge >= 0.3 is 0 Å². The fourth-order valence-corrected chi connectivity index (χ4v) is 4.98. The molecule has 2 aliphatic carbocycles. The van der Waals surface area contributed by atoms with Gasteiger partial charge in [0.2, 0.25) is 11.9 Å². The average molecular weight is 343 g/mol. The second-order valence-electron chi connectivity index (χ2n) is 8.41. The quantitative estimate of drug-likeness (QED) is 0.883. The van der Waals surface area contributed by atoms with Crippen LogP contribution in [0.1, 0.15) is 56.2 Å². The van der Waals surface area contributed by atoms with Gasteiger partial charge in [-0.2, -0.15) is 0 Å². The van der Waals surface area contributed by atoms with Crippen LogP contribution in [0.5, 0.6) is 0 Å². The number of piperidine rings is 1. The Hall–Kier alpha value is -1.69. The molecule has 6 nitrogen and oxygen atoms in total. The van der Waals surface area contributed by atoms with E-state index >= 15 is 0 Å². The first kappa shape index (κ1) is 16.8. The zero-order valence-corrected chi connectivity index (χ0v) is 15.4. The number of likely N-dealkylation sites (tertiary alicyclic amines) is 1. The van der Waals surface area contributed by atoms with E-state index in [9.17, 15) is 4.79 Å². The molecule has 1 aliphatic heterocycles. The Kier molecular flexibility index (Phi) is 3.98. The number of carbonyl (C=O) groups excluding carboxylic acids is 1. The van der Waals surface area contributed by atoms with Crippen molar-refractivity contribution in [3.63, 3.8) is 0 Å². The number of aromatic nitrogens is 2. The molecule has 1 atom stereocenters. The van der Waals surface area contributed by atoms with Gasteiger partial charge in [0.05, 0.1) is 11.2 Å². The molecular formula is C19H29N5O. The van der Waals surface area contributed by atoms with E-state index in [1.807, 2.05) is 30.1 Å². The Morgan fingerprint density at radius 2 is 1.96 bits per heavy atom. The van der Waals surface area contributed by atoms with Gasteiger partial charge in [-0.3, -0.25) is 4.79 Å². The number of fused-ring (bicyclic) bond motifs is 2. The highest BCUT2D eigenvalue weighted by Crippen LogP contribution is 2.45. The van der Waals surface area contributed by atoms with Crippen LogP contribution < -0.4 is 10.6 Å². The summed E-state index contributed by atoms with van der Waals surface area (Å²) in [6.07, 6.45) is 10.0. The Labute approximate surface area is 149 Å². The molecule has 1 saturated heterocycles. The minimum absolute atomic E-state index is 0.00803. The van der Waals surface area contributed by atoms with E-state index in [0.29, 0.717) is 0 Å². The minimum atomic E-state index is -0.625. The summed E-state index contributed by atoms with van der Waals surface area (Å²) < 4.78 is 0. The summed E-state index contributed by atoms with van der Waals surface area (Å²) in [4.78, 5) is 26.5. The molecule has 6 heteroatoms. The number of anilines is 1. The summed E-state index contributed by atoms with van der Waals surface area (Å²) in [7, 11) is 3.94. The summed E-state index contributed by atoms with van der Waals surface area (Å²) >= 11 is 0. The number of aryl methyl sites for hydroxylation is 1. The van der Waals surface area contributed by atoms with Gasteiger partial charge in [0.25, 0.3) is 0 Å². The smallest absolute Gasteiger partial charge is 0.242 e. The number of hydrogen-bond donors (Lipinski definition) is 1. The molecule has 0 bridgehead atoms. The third-order valence-electron chi connectivity index (χ3n) is 6.41. The van der Waals surface area contributed by atoms with Crippen molar-refractivity contribution in [3.05, 3.63) is 17.5 Å². The fourth-order valence-electron chi connectivity index (χ4n) is 4.98. The second-order valence-corrected chi connectivity index (χ2v) is 8.41. The Morgan fingerprint density at radius 1 is 1.20 bits per heavy atom. The van der Waals surface area contributed by atoms with Crippen molar-refractivity contribution in [3.8, 4) is 0 Å². The second kappa shape index (κ2) is 5.94. The fraction of sp³-hybridized carbons (Fsp3) is 0.737. The number of carbonyl (C=O) groups is 1. The van der Waals surface area contributed by atoms with Gasteiger partial charge in [0, 0.05) is 38.8 Å². The van der Waals surface area contributed by atoms with Crippen LogP contribution in [0.25, 0.3) is 0 Å². The maximum Gasteiger partial charge on any atom is 0.242 e. The summed E-state index contributed by atoms with van der Waals surface area (Å²) in [5, 5.41) is 0. The first-order chi connectivity index (χ1) is 11.9. The first-order valence-corrected chi connectivity index (χ1v) is 9.56. The van der Waals surface area contributed by atoms with Crippen molar-refractivity contribution in [1.82, 2.24) is 14.9 Å². The number of nitrogens with zero attached hydrogens (tertiary/aromatic N) is 4. The van der Waals surface area contributed by atoms with Crippen LogP contribution in [0.4, 0.5) is 5.95 Å². The van der Waals surface area contributed by atoms with Gasteiger partial charge in [-0.25, -0.2) is 9.97 Å². The summed E-state index contributed by atoms with van der Waals surface area (Å²) in [6.45, 7) is 1.60. The monoisotopic (exact) mass is 343 g/mol. The number of amides is 1. The Morgan fingerprint density at radius 3 is 2.68 bits per heavy atom. The number of hydrogen-bond acceptors (Lipinski definition) is 5. The highest BCUT2D eigenvalue weighted by atomic mass is 16.2. The lowest BCUT2D eigenvalue weighted by molar-refractivity contribution is -0.139. The van der Waals surface area contributed by atoms with E-state index < -0.39 is 5.54 Å². The van der Waals surface area contributed by atoms with Crippen LogP contribution in [0.3, 0.4) is 0 Å².